The predicted octanol–water partition coefficient (Wildman–Crippen LogP) is -1.21. The van der Waals surface area contributed by atoms with Crippen LogP contribution in [0.1, 0.15) is 44.9 Å². The van der Waals surface area contributed by atoms with Crippen LogP contribution < -0.4 is 33.2 Å². The van der Waals surface area contributed by atoms with Gasteiger partial charge in [-0.1, -0.05) is 0 Å². The van der Waals surface area contributed by atoms with E-state index in [0.717, 1.165) is 0 Å². The van der Waals surface area contributed by atoms with E-state index in [1.54, 1.807) is 11.8 Å². The number of carboxylic acid groups (broad SMARTS) is 1. The van der Waals surface area contributed by atoms with E-state index in [0.29, 0.717) is 57.4 Å². The van der Waals surface area contributed by atoms with Crippen LogP contribution in [0.25, 0.3) is 0 Å². The van der Waals surface area contributed by atoms with Crippen LogP contribution in [-0.4, -0.2) is 83.8 Å². The number of amides is 3. The summed E-state index contributed by atoms with van der Waals surface area (Å²) in [4.78, 5) is 49.3. The van der Waals surface area contributed by atoms with Crippen molar-refractivity contribution in [3.63, 3.8) is 0 Å². The average molecular weight is 509 g/mol. The summed E-state index contributed by atoms with van der Waals surface area (Å²) < 4.78 is 0. The van der Waals surface area contributed by atoms with Gasteiger partial charge in [-0.2, -0.15) is 24.4 Å². The molecule has 0 aromatic carbocycles. The second-order valence-corrected chi connectivity index (χ2v) is 9.01. The standard InChI is InChI=1S/C20H40N6O5S2/c1-33-11-8-13(23)17(27)24-14(6-2-4-9-21)18(28)26-16(12-32)19(29)25-15(20(30)31)7-3-5-10-22/h13-16,32H,2-12,21-23H2,1H3,(H,24,27)(H,25,29)(H,26,28)(H,30,31). The Labute approximate surface area is 205 Å². The Hall–Kier alpha value is -1.54. The lowest BCUT2D eigenvalue weighted by Crippen LogP contribution is -2.57. The lowest BCUT2D eigenvalue weighted by Gasteiger charge is -2.24. The Morgan fingerprint density at radius 1 is 0.818 bits per heavy atom. The molecule has 0 heterocycles. The zero-order valence-electron chi connectivity index (χ0n) is 19.3. The van der Waals surface area contributed by atoms with Crippen LogP contribution in [0.2, 0.25) is 0 Å². The van der Waals surface area contributed by atoms with Crippen molar-refractivity contribution in [1.82, 2.24) is 16.0 Å². The number of carboxylic acids is 1. The predicted molar refractivity (Wildman–Crippen MR) is 134 cm³/mol. The Kier molecular flexibility index (Phi) is 18.0. The Balaban J connectivity index is 5.14. The molecule has 0 aliphatic rings. The van der Waals surface area contributed by atoms with Crippen LogP contribution in [0.5, 0.6) is 0 Å². The van der Waals surface area contributed by atoms with E-state index in [9.17, 15) is 24.3 Å². The molecule has 0 saturated heterocycles. The summed E-state index contributed by atoms with van der Waals surface area (Å²) in [6.45, 7) is 0.867. The minimum Gasteiger partial charge on any atom is -0.480 e. The third kappa shape index (κ3) is 13.7. The molecule has 0 rings (SSSR count). The summed E-state index contributed by atoms with van der Waals surface area (Å²) in [5.74, 6) is -2.20. The maximum atomic E-state index is 12.9. The van der Waals surface area contributed by atoms with Crippen LogP contribution in [0.4, 0.5) is 0 Å². The van der Waals surface area contributed by atoms with Gasteiger partial charge in [0.15, 0.2) is 0 Å². The number of nitrogens with two attached hydrogens (primary N) is 3. The van der Waals surface area contributed by atoms with Crippen molar-refractivity contribution in [1.29, 1.82) is 0 Å². The van der Waals surface area contributed by atoms with E-state index in [1.165, 1.54) is 0 Å². The van der Waals surface area contributed by atoms with Crippen molar-refractivity contribution in [2.75, 3.05) is 30.9 Å². The monoisotopic (exact) mass is 508 g/mol. The van der Waals surface area contributed by atoms with Gasteiger partial charge in [0.1, 0.15) is 18.1 Å². The third-order valence-corrected chi connectivity index (χ3v) is 5.94. The maximum Gasteiger partial charge on any atom is 0.326 e. The zero-order chi connectivity index (χ0) is 25.2. The molecule has 10 N–H and O–H groups in total. The van der Waals surface area contributed by atoms with Crippen molar-refractivity contribution in [2.45, 2.75) is 69.1 Å². The summed E-state index contributed by atoms with van der Waals surface area (Å²) in [6.07, 6.45) is 5.34. The number of carbonyl (C=O) groups excluding carboxylic acids is 3. The fraction of sp³-hybridized carbons (Fsp3) is 0.800. The molecule has 0 aromatic rings. The quantitative estimate of drug-likeness (QED) is 0.0778. The minimum absolute atomic E-state index is 0.0522. The smallest absolute Gasteiger partial charge is 0.326 e. The first kappa shape index (κ1) is 31.5. The summed E-state index contributed by atoms with van der Waals surface area (Å²) in [5, 5.41) is 17.0. The van der Waals surface area contributed by atoms with E-state index >= 15 is 0 Å². The molecule has 4 unspecified atom stereocenters. The third-order valence-electron chi connectivity index (χ3n) is 4.93. The number of hydrogen-bond donors (Lipinski definition) is 8. The fourth-order valence-corrected chi connectivity index (χ4v) is 3.65. The number of nitrogens with one attached hydrogen (secondary N) is 3. The molecule has 0 aromatic heterocycles. The minimum atomic E-state index is -1.17. The zero-order valence-corrected chi connectivity index (χ0v) is 21.0. The SMILES string of the molecule is CSCCC(N)C(=O)NC(CCCCN)C(=O)NC(CS)C(=O)NC(CCCCN)C(=O)O. The van der Waals surface area contributed by atoms with Gasteiger partial charge in [-0.05, 0) is 70.0 Å². The molecule has 33 heavy (non-hydrogen) atoms. The molecule has 11 nitrogen and oxygen atoms in total. The highest BCUT2D eigenvalue weighted by atomic mass is 32.2. The number of unbranched alkanes of at least 4 members (excludes halogenated alkanes) is 2. The highest BCUT2D eigenvalue weighted by Crippen LogP contribution is 2.06. The van der Waals surface area contributed by atoms with Crippen molar-refractivity contribution in [2.24, 2.45) is 17.2 Å². The van der Waals surface area contributed by atoms with Gasteiger partial charge in [0.25, 0.3) is 0 Å². The Bertz CT molecular complexity index is 613. The molecule has 0 bridgehead atoms. The van der Waals surface area contributed by atoms with Gasteiger partial charge < -0.3 is 38.3 Å². The normalized spacial score (nSPS) is 14.6. The largest absolute Gasteiger partial charge is 0.480 e. The van der Waals surface area contributed by atoms with Gasteiger partial charge in [0, 0.05) is 5.75 Å². The van der Waals surface area contributed by atoms with Crippen LogP contribution in [0.3, 0.4) is 0 Å². The number of thioether (sulfide) groups is 1. The van der Waals surface area contributed by atoms with E-state index in [-0.39, 0.29) is 12.2 Å². The molecule has 4 atom stereocenters. The lowest BCUT2D eigenvalue weighted by atomic mass is 10.1. The summed E-state index contributed by atoms with van der Waals surface area (Å²) in [5.41, 5.74) is 16.8. The van der Waals surface area contributed by atoms with Crippen molar-refractivity contribution < 1.29 is 24.3 Å². The number of thiol groups is 1. The molecule has 0 saturated carbocycles. The summed E-state index contributed by atoms with van der Waals surface area (Å²) >= 11 is 5.68. The first-order valence-corrected chi connectivity index (χ1v) is 13.1. The van der Waals surface area contributed by atoms with Gasteiger partial charge in [-0.25, -0.2) is 4.79 Å². The van der Waals surface area contributed by atoms with Gasteiger partial charge >= 0.3 is 5.97 Å². The van der Waals surface area contributed by atoms with Crippen molar-refractivity contribution >= 4 is 48.1 Å². The second-order valence-electron chi connectivity index (χ2n) is 7.66. The van der Waals surface area contributed by atoms with Crippen LogP contribution in [0, 0.1) is 0 Å². The molecule has 0 aliphatic carbocycles. The molecule has 0 radical (unpaired) electrons. The first-order chi connectivity index (χ1) is 15.7. The fourth-order valence-electron chi connectivity index (χ4n) is 2.91. The molecule has 0 aliphatic heterocycles. The highest BCUT2D eigenvalue weighted by Gasteiger charge is 2.29. The molecule has 0 fully saturated rings. The molecular formula is C20H40N6O5S2. The van der Waals surface area contributed by atoms with Gasteiger partial charge in [-0.3, -0.25) is 14.4 Å². The summed E-state index contributed by atoms with van der Waals surface area (Å²) in [6, 6.07) is -3.83. The Morgan fingerprint density at radius 3 is 1.79 bits per heavy atom. The number of rotatable bonds is 19. The average Bonchev–Trinajstić information content (AvgIpc) is 2.79. The van der Waals surface area contributed by atoms with E-state index in [4.69, 9.17) is 17.2 Å². The van der Waals surface area contributed by atoms with Crippen LogP contribution in [-0.2, 0) is 19.2 Å². The Morgan fingerprint density at radius 2 is 1.30 bits per heavy atom. The maximum absolute atomic E-state index is 12.9. The molecule has 3 amide bonds. The number of aliphatic carboxylic acids is 1. The van der Waals surface area contributed by atoms with Crippen molar-refractivity contribution in [3.05, 3.63) is 0 Å². The van der Waals surface area contributed by atoms with E-state index in [1.807, 2.05) is 6.26 Å². The van der Waals surface area contributed by atoms with Crippen molar-refractivity contribution in [3.8, 4) is 0 Å². The molecular weight excluding hydrogens is 468 g/mol. The first-order valence-electron chi connectivity index (χ1n) is 11.1. The second kappa shape index (κ2) is 18.8. The molecule has 0 spiro atoms. The van der Waals surface area contributed by atoms with E-state index < -0.39 is 47.9 Å². The molecule has 192 valence electrons. The van der Waals surface area contributed by atoms with Gasteiger partial charge in [0.2, 0.25) is 17.7 Å². The lowest BCUT2D eigenvalue weighted by molar-refractivity contribution is -0.142. The van der Waals surface area contributed by atoms with Crippen LogP contribution >= 0.6 is 24.4 Å². The highest BCUT2D eigenvalue weighted by molar-refractivity contribution is 7.98. The van der Waals surface area contributed by atoms with Gasteiger partial charge in [-0.15, -0.1) is 0 Å². The number of hydrogen-bond acceptors (Lipinski definition) is 9. The molecule has 13 heteroatoms. The van der Waals surface area contributed by atoms with Gasteiger partial charge in [0.05, 0.1) is 6.04 Å². The van der Waals surface area contributed by atoms with E-state index in [2.05, 4.69) is 28.6 Å². The summed E-state index contributed by atoms with van der Waals surface area (Å²) in [7, 11) is 0. The topological polar surface area (TPSA) is 203 Å². The van der Waals surface area contributed by atoms with Crippen LogP contribution in [0.15, 0.2) is 0 Å². The number of carbonyl (C=O) groups is 4.